The lowest BCUT2D eigenvalue weighted by molar-refractivity contribution is 0.00578. The van der Waals surface area contributed by atoms with Crippen LogP contribution in [0.5, 0.6) is 0 Å². The van der Waals surface area contributed by atoms with E-state index in [9.17, 15) is 0 Å². The zero-order chi connectivity index (χ0) is 15.5. The summed E-state index contributed by atoms with van der Waals surface area (Å²) in [5, 5.41) is 0. The van der Waals surface area contributed by atoms with Crippen LogP contribution in [0.3, 0.4) is 0 Å². The molecular weight excluding hydrogens is 263 g/mol. The van der Waals surface area contributed by atoms with Crippen LogP contribution in [0.15, 0.2) is 18.3 Å². The smallest absolute Gasteiger partial charge is 0.399 e. The van der Waals surface area contributed by atoms with Gasteiger partial charge in [0.15, 0.2) is 0 Å². The van der Waals surface area contributed by atoms with E-state index in [1.54, 1.807) is 0 Å². The van der Waals surface area contributed by atoms with Crippen molar-refractivity contribution in [3.05, 3.63) is 18.3 Å². The predicted octanol–water partition coefficient (Wildman–Crippen LogP) is 2.37. The summed E-state index contributed by atoms with van der Waals surface area (Å²) in [6, 6.07) is 4.14. The summed E-state index contributed by atoms with van der Waals surface area (Å²) in [6.07, 6.45) is 3.10. The summed E-state index contributed by atoms with van der Waals surface area (Å²) in [4.78, 5) is 6.94. The zero-order valence-corrected chi connectivity index (χ0v) is 13.9. The zero-order valence-electron chi connectivity index (χ0n) is 13.9. The van der Waals surface area contributed by atoms with Gasteiger partial charge in [0.2, 0.25) is 0 Å². The molecule has 3 heterocycles. The van der Waals surface area contributed by atoms with E-state index in [2.05, 4.69) is 63.6 Å². The van der Waals surface area contributed by atoms with Gasteiger partial charge in [-0.3, -0.25) is 0 Å². The van der Waals surface area contributed by atoms with E-state index in [0.717, 1.165) is 17.8 Å². The predicted molar refractivity (Wildman–Crippen MR) is 86.0 cm³/mol. The molecule has 0 radical (unpaired) electrons. The maximum absolute atomic E-state index is 6.06. The first-order chi connectivity index (χ1) is 9.62. The van der Waals surface area contributed by atoms with Crippen LogP contribution >= 0.6 is 0 Å². The molecule has 2 aliphatic rings. The van der Waals surface area contributed by atoms with Crippen molar-refractivity contribution in [3.63, 3.8) is 0 Å². The quantitative estimate of drug-likeness (QED) is 0.783. The van der Waals surface area contributed by atoms with E-state index in [-0.39, 0.29) is 23.9 Å². The van der Waals surface area contributed by atoms with Crippen molar-refractivity contribution in [2.45, 2.75) is 64.7 Å². The van der Waals surface area contributed by atoms with Crippen molar-refractivity contribution in [1.82, 2.24) is 4.98 Å². The van der Waals surface area contributed by atoms with Crippen LogP contribution in [-0.2, 0) is 9.31 Å². The van der Waals surface area contributed by atoms with Gasteiger partial charge in [-0.1, -0.05) is 6.07 Å². The molecule has 0 unspecified atom stereocenters. The maximum atomic E-state index is 6.06. The fraction of sp³-hybridized carbons (Fsp3) is 0.688. The average Bonchev–Trinajstić information content (AvgIpc) is 2.58. The number of nitrogens with zero attached hydrogens (tertiary/aromatic N) is 2. The number of anilines is 1. The van der Waals surface area contributed by atoms with Gasteiger partial charge in [0.25, 0.3) is 0 Å². The lowest BCUT2D eigenvalue weighted by Crippen LogP contribution is -2.56. The molecule has 0 aliphatic carbocycles. The van der Waals surface area contributed by atoms with Crippen molar-refractivity contribution >= 4 is 18.4 Å². The molecule has 1 aromatic rings. The number of aromatic nitrogens is 1. The molecule has 5 heteroatoms. The number of pyridine rings is 1. The summed E-state index contributed by atoms with van der Waals surface area (Å²) >= 11 is 0. The van der Waals surface area contributed by atoms with Crippen molar-refractivity contribution in [2.75, 3.05) is 11.4 Å². The van der Waals surface area contributed by atoms with E-state index in [1.807, 2.05) is 6.20 Å². The number of rotatable bonds is 2. The highest BCUT2D eigenvalue weighted by Crippen LogP contribution is 2.37. The van der Waals surface area contributed by atoms with Crippen LogP contribution < -0.4 is 10.4 Å². The van der Waals surface area contributed by atoms with E-state index in [1.165, 1.54) is 6.42 Å². The molecule has 114 valence electrons. The average molecular weight is 288 g/mol. The van der Waals surface area contributed by atoms with Gasteiger partial charge in [0, 0.05) is 23.7 Å². The molecule has 21 heavy (non-hydrogen) atoms. The first kappa shape index (κ1) is 14.9. The monoisotopic (exact) mass is 288 g/mol. The number of hydrogen-bond donors (Lipinski definition) is 0. The van der Waals surface area contributed by atoms with Crippen molar-refractivity contribution in [1.29, 1.82) is 0 Å². The molecule has 3 rings (SSSR count). The fourth-order valence-electron chi connectivity index (χ4n) is 2.77. The largest absolute Gasteiger partial charge is 0.496 e. The molecule has 4 nitrogen and oxygen atoms in total. The minimum Gasteiger partial charge on any atom is -0.399 e. The Labute approximate surface area is 128 Å². The lowest BCUT2D eigenvalue weighted by atomic mass is 9.80. The van der Waals surface area contributed by atoms with Gasteiger partial charge in [-0.15, -0.1) is 0 Å². The lowest BCUT2D eigenvalue weighted by Gasteiger charge is -2.49. The SMILES string of the molecule is CC1(C)CCN1c1ccc(B2OC(C)(C)C(C)(C)O2)cn1. The molecule has 0 amide bonds. The highest BCUT2D eigenvalue weighted by Gasteiger charge is 2.51. The minimum atomic E-state index is -0.332. The van der Waals surface area contributed by atoms with Gasteiger partial charge < -0.3 is 14.2 Å². The van der Waals surface area contributed by atoms with E-state index < -0.39 is 0 Å². The van der Waals surface area contributed by atoms with Crippen LogP contribution in [0, 0.1) is 0 Å². The fourth-order valence-corrected chi connectivity index (χ4v) is 2.77. The third kappa shape index (κ3) is 2.36. The molecule has 0 bridgehead atoms. The molecular formula is C16H25BN2O2. The van der Waals surface area contributed by atoms with Gasteiger partial charge in [-0.05, 0) is 54.0 Å². The van der Waals surface area contributed by atoms with E-state index in [4.69, 9.17) is 9.31 Å². The summed E-state index contributed by atoms with van der Waals surface area (Å²) in [5.41, 5.74) is 0.584. The van der Waals surface area contributed by atoms with Crippen molar-refractivity contribution in [2.24, 2.45) is 0 Å². The Morgan fingerprint density at radius 3 is 2.05 bits per heavy atom. The second kappa shape index (κ2) is 4.46. The Kier molecular flexibility index (Phi) is 3.16. The van der Waals surface area contributed by atoms with Gasteiger partial charge in [0.05, 0.1) is 11.2 Å². The maximum Gasteiger partial charge on any atom is 0.496 e. The second-order valence-corrected chi connectivity index (χ2v) is 7.75. The third-order valence-electron chi connectivity index (χ3n) is 5.25. The molecule has 0 spiro atoms. The Hall–Kier alpha value is -1.07. The van der Waals surface area contributed by atoms with Gasteiger partial charge in [-0.25, -0.2) is 4.98 Å². The first-order valence-electron chi connectivity index (χ1n) is 7.72. The van der Waals surface area contributed by atoms with Crippen LogP contribution in [0.2, 0.25) is 0 Å². The summed E-state index contributed by atoms with van der Waals surface area (Å²) in [5.74, 6) is 1.03. The Balaban J connectivity index is 1.77. The molecule has 0 saturated carbocycles. The van der Waals surface area contributed by atoms with Crippen LogP contribution in [0.1, 0.15) is 48.0 Å². The molecule has 1 aromatic heterocycles. The van der Waals surface area contributed by atoms with Crippen LogP contribution in [0.25, 0.3) is 0 Å². The Bertz CT molecular complexity index is 524. The highest BCUT2D eigenvalue weighted by molar-refractivity contribution is 6.62. The second-order valence-electron chi connectivity index (χ2n) is 7.75. The standard InChI is InChI=1S/C16H25BN2O2/c1-14(2)9-10-19(14)13-8-7-12(11-18-13)17-20-15(3,4)16(5,6)21-17/h7-8,11H,9-10H2,1-6H3. The van der Waals surface area contributed by atoms with Crippen molar-refractivity contribution < 1.29 is 9.31 Å². The molecule has 0 atom stereocenters. The van der Waals surface area contributed by atoms with Crippen molar-refractivity contribution in [3.8, 4) is 0 Å². The van der Waals surface area contributed by atoms with Crippen LogP contribution in [-0.4, -0.2) is 35.4 Å². The first-order valence-corrected chi connectivity index (χ1v) is 7.72. The molecule has 2 saturated heterocycles. The topological polar surface area (TPSA) is 34.6 Å². The van der Waals surface area contributed by atoms with E-state index in [0.29, 0.717) is 0 Å². The van der Waals surface area contributed by atoms with Gasteiger partial charge >= 0.3 is 7.12 Å². The molecule has 2 aliphatic heterocycles. The number of hydrogen-bond acceptors (Lipinski definition) is 4. The summed E-state index contributed by atoms with van der Waals surface area (Å²) in [6.45, 7) is 13.8. The van der Waals surface area contributed by atoms with Gasteiger partial charge in [0.1, 0.15) is 5.82 Å². The third-order valence-corrected chi connectivity index (χ3v) is 5.25. The normalized spacial score (nSPS) is 25.8. The summed E-state index contributed by atoms with van der Waals surface area (Å²) in [7, 11) is -0.332. The highest BCUT2D eigenvalue weighted by atomic mass is 16.7. The summed E-state index contributed by atoms with van der Waals surface area (Å²) < 4.78 is 12.1. The van der Waals surface area contributed by atoms with Gasteiger partial charge in [-0.2, -0.15) is 0 Å². The molecule has 2 fully saturated rings. The van der Waals surface area contributed by atoms with E-state index >= 15 is 0 Å². The molecule has 0 aromatic carbocycles. The molecule has 0 N–H and O–H groups in total. The Morgan fingerprint density at radius 1 is 1.05 bits per heavy atom. The minimum absolute atomic E-state index is 0.221. The van der Waals surface area contributed by atoms with Crippen LogP contribution in [0.4, 0.5) is 5.82 Å². The Morgan fingerprint density at radius 2 is 1.67 bits per heavy atom.